The minimum atomic E-state index is -0.614. The summed E-state index contributed by atoms with van der Waals surface area (Å²) in [5.74, 6) is -1.63. The summed E-state index contributed by atoms with van der Waals surface area (Å²) in [4.78, 5) is 24.6. The van der Waals surface area contributed by atoms with Gasteiger partial charge in [-0.1, -0.05) is 46.3 Å². The van der Waals surface area contributed by atoms with Gasteiger partial charge in [-0.15, -0.1) is 0 Å². The van der Waals surface area contributed by atoms with Gasteiger partial charge in [-0.2, -0.15) is 5.10 Å². The van der Waals surface area contributed by atoms with Crippen molar-refractivity contribution in [1.82, 2.24) is 5.43 Å². The zero-order valence-electron chi connectivity index (χ0n) is 15.4. The second kappa shape index (κ2) is 9.25. The van der Waals surface area contributed by atoms with Crippen molar-refractivity contribution in [2.24, 2.45) is 5.10 Å². The molecule has 2 N–H and O–H groups in total. The number of hydrogen-bond acceptors (Lipinski definition) is 3. The average Bonchev–Trinajstić information content (AvgIpc) is 2.72. The van der Waals surface area contributed by atoms with Crippen LogP contribution in [0.1, 0.15) is 33.2 Å². The summed E-state index contributed by atoms with van der Waals surface area (Å²) in [6, 6.07) is 19.6. The summed E-state index contributed by atoms with van der Waals surface area (Å²) in [5.41, 5.74) is 4.63. The molecule has 0 unspecified atom stereocenters. The molecule has 0 aliphatic rings. The SMILES string of the molecule is C/C(=N/NC(=O)c1cccc(NC(=O)c2ccccc2F)c1)c1ccc(Br)cc1. The lowest BCUT2D eigenvalue weighted by Gasteiger charge is -2.08. The molecule has 0 bridgehead atoms. The van der Waals surface area contributed by atoms with Crippen LogP contribution in [0.3, 0.4) is 0 Å². The highest BCUT2D eigenvalue weighted by atomic mass is 79.9. The van der Waals surface area contributed by atoms with E-state index in [4.69, 9.17) is 0 Å². The van der Waals surface area contributed by atoms with Crippen molar-refractivity contribution >= 4 is 39.1 Å². The molecule has 2 amide bonds. The standard InChI is InChI=1S/C22H17BrFN3O2/c1-14(15-9-11-17(23)12-10-15)26-27-21(28)16-5-4-6-18(13-16)25-22(29)19-7-2-3-8-20(19)24/h2-13H,1H3,(H,25,29)(H,27,28)/b26-14-. The van der Waals surface area contributed by atoms with Gasteiger partial charge in [0.25, 0.3) is 11.8 Å². The van der Waals surface area contributed by atoms with Gasteiger partial charge in [0.05, 0.1) is 11.3 Å². The van der Waals surface area contributed by atoms with Gasteiger partial charge < -0.3 is 5.32 Å². The molecular formula is C22H17BrFN3O2. The van der Waals surface area contributed by atoms with Crippen molar-refractivity contribution in [3.63, 3.8) is 0 Å². The fourth-order valence-electron chi connectivity index (χ4n) is 2.54. The largest absolute Gasteiger partial charge is 0.322 e. The molecule has 0 atom stereocenters. The van der Waals surface area contributed by atoms with Crippen molar-refractivity contribution in [2.75, 3.05) is 5.32 Å². The summed E-state index contributed by atoms with van der Waals surface area (Å²) in [6.07, 6.45) is 0. The molecule has 0 saturated carbocycles. The monoisotopic (exact) mass is 453 g/mol. The van der Waals surface area contributed by atoms with Gasteiger partial charge in [0.2, 0.25) is 0 Å². The van der Waals surface area contributed by atoms with E-state index in [-0.39, 0.29) is 5.56 Å². The Morgan fingerprint density at radius 1 is 0.897 bits per heavy atom. The molecule has 3 aromatic rings. The number of hydrazone groups is 1. The molecule has 0 aliphatic carbocycles. The second-order valence-corrected chi connectivity index (χ2v) is 7.08. The average molecular weight is 454 g/mol. The van der Waals surface area contributed by atoms with E-state index in [0.717, 1.165) is 10.0 Å². The highest BCUT2D eigenvalue weighted by molar-refractivity contribution is 9.10. The van der Waals surface area contributed by atoms with Crippen LogP contribution in [0.5, 0.6) is 0 Å². The number of nitrogens with zero attached hydrogens (tertiary/aromatic N) is 1. The lowest BCUT2D eigenvalue weighted by Crippen LogP contribution is -2.20. The van der Waals surface area contributed by atoms with Gasteiger partial charge in [-0.05, 0) is 55.0 Å². The number of halogens is 2. The number of hydrogen-bond donors (Lipinski definition) is 2. The van der Waals surface area contributed by atoms with Crippen molar-refractivity contribution < 1.29 is 14.0 Å². The van der Waals surface area contributed by atoms with Crippen LogP contribution in [0.4, 0.5) is 10.1 Å². The highest BCUT2D eigenvalue weighted by Crippen LogP contribution is 2.14. The van der Waals surface area contributed by atoms with E-state index in [2.05, 4.69) is 31.8 Å². The zero-order chi connectivity index (χ0) is 20.8. The quantitative estimate of drug-likeness (QED) is 0.421. The van der Waals surface area contributed by atoms with E-state index in [1.54, 1.807) is 31.2 Å². The molecule has 0 saturated heterocycles. The van der Waals surface area contributed by atoms with Crippen molar-refractivity contribution in [3.05, 3.63) is 99.8 Å². The van der Waals surface area contributed by atoms with Crippen LogP contribution in [0.2, 0.25) is 0 Å². The van der Waals surface area contributed by atoms with Gasteiger partial charge in [0.15, 0.2) is 0 Å². The van der Waals surface area contributed by atoms with Crippen LogP contribution in [0, 0.1) is 5.82 Å². The number of nitrogens with one attached hydrogen (secondary N) is 2. The van der Waals surface area contributed by atoms with Gasteiger partial charge in [-0.3, -0.25) is 9.59 Å². The minimum absolute atomic E-state index is 0.0722. The van der Waals surface area contributed by atoms with Crippen LogP contribution in [0.15, 0.2) is 82.4 Å². The maximum absolute atomic E-state index is 13.7. The van der Waals surface area contributed by atoms with Crippen LogP contribution in [-0.4, -0.2) is 17.5 Å². The topological polar surface area (TPSA) is 70.6 Å². The van der Waals surface area contributed by atoms with Crippen molar-refractivity contribution in [3.8, 4) is 0 Å². The van der Waals surface area contributed by atoms with Crippen LogP contribution >= 0.6 is 15.9 Å². The first-order valence-corrected chi connectivity index (χ1v) is 9.50. The molecule has 0 radical (unpaired) electrons. The van der Waals surface area contributed by atoms with Gasteiger partial charge in [0, 0.05) is 15.7 Å². The molecule has 3 rings (SSSR count). The lowest BCUT2D eigenvalue weighted by molar-refractivity contribution is 0.0953. The molecule has 29 heavy (non-hydrogen) atoms. The van der Waals surface area contributed by atoms with E-state index in [1.807, 2.05) is 24.3 Å². The molecule has 0 aromatic heterocycles. The maximum atomic E-state index is 13.7. The Morgan fingerprint density at radius 3 is 2.34 bits per heavy atom. The third-order valence-corrected chi connectivity index (χ3v) is 4.62. The number of amides is 2. The molecule has 0 fully saturated rings. The zero-order valence-corrected chi connectivity index (χ0v) is 17.0. The molecule has 0 aliphatic heterocycles. The summed E-state index contributed by atoms with van der Waals surface area (Å²) in [5, 5.41) is 6.71. The van der Waals surface area contributed by atoms with Gasteiger partial charge in [0.1, 0.15) is 5.82 Å². The molecule has 5 nitrogen and oxygen atoms in total. The van der Waals surface area contributed by atoms with Crippen molar-refractivity contribution in [1.29, 1.82) is 0 Å². The first kappa shape index (κ1) is 20.4. The predicted octanol–water partition coefficient (Wildman–Crippen LogP) is 4.99. The molecule has 7 heteroatoms. The second-order valence-electron chi connectivity index (χ2n) is 6.16. The Hall–Kier alpha value is -3.32. The van der Waals surface area contributed by atoms with E-state index >= 15 is 0 Å². The third-order valence-electron chi connectivity index (χ3n) is 4.09. The number of rotatable bonds is 5. The number of anilines is 1. The molecule has 146 valence electrons. The maximum Gasteiger partial charge on any atom is 0.271 e. The minimum Gasteiger partial charge on any atom is -0.322 e. The molecular weight excluding hydrogens is 437 g/mol. The van der Waals surface area contributed by atoms with Crippen LogP contribution in [0.25, 0.3) is 0 Å². The normalized spacial score (nSPS) is 11.1. The Kier molecular flexibility index (Phi) is 6.51. The van der Waals surface area contributed by atoms with Gasteiger partial charge in [-0.25, -0.2) is 9.82 Å². The van der Waals surface area contributed by atoms with Crippen molar-refractivity contribution in [2.45, 2.75) is 6.92 Å². The smallest absolute Gasteiger partial charge is 0.271 e. The summed E-state index contributed by atoms with van der Waals surface area (Å²) in [6.45, 7) is 1.79. The molecule has 3 aromatic carbocycles. The predicted molar refractivity (Wildman–Crippen MR) is 115 cm³/mol. The first-order valence-electron chi connectivity index (χ1n) is 8.70. The fourth-order valence-corrected chi connectivity index (χ4v) is 2.80. The van der Waals surface area contributed by atoms with E-state index < -0.39 is 17.6 Å². The Balaban J connectivity index is 1.69. The Labute approximate surface area is 175 Å². The summed E-state index contributed by atoms with van der Waals surface area (Å²) in [7, 11) is 0. The third kappa shape index (κ3) is 5.36. The van der Waals surface area contributed by atoms with Crippen LogP contribution < -0.4 is 10.7 Å². The van der Waals surface area contributed by atoms with Gasteiger partial charge >= 0.3 is 0 Å². The van der Waals surface area contributed by atoms with Crippen LogP contribution in [-0.2, 0) is 0 Å². The first-order chi connectivity index (χ1) is 13.9. The Morgan fingerprint density at radius 2 is 1.62 bits per heavy atom. The Bertz CT molecular complexity index is 1080. The molecule has 0 spiro atoms. The van der Waals surface area contributed by atoms with E-state index in [1.165, 1.54) is 24.3 Å². The summed E-state index contributed by atoms with van der Waals surface area (Å²) >= 11 is 3.37. The van der Waals surface area contributed by atoms with E-state index in [9.17, 15) is 14.0 Å². The van der Waals surface area contributed by atoms with E-state index in [0.29, 0.717) is 17.0 Å². The number of carbonyl (C=O) groups is 2. The number of benzene rings is 3. The number of carbonyl (C=O) groups excluding carboxylic acids is 2. The molecule has 0 heterocycles. The lowest BCUT2D eigenvalue weighted by atomic mass is 10.1. The summed E-state index contributed by atoms with van der Waals surface area (Å²) < 4.78 is 14.7. The fraction of sp³-hybridized carbons (Fsp3) is 0.0455. The highest BCUT2D eigenvalue weighted by Gasteiger charge is 2.12.